The zero-order valence-electron chi connectivity index (χ0n) is 5.01. The van der Waals surface area contributed by atoms with E-state index in [9.17, 15) is 14.0 Å². The van der Waals surface area contributed by atoms with E-state index in [1.54, 1.807) is 0 Å². The number of aromatic nitrogens is 3. The minimum atomic E-state index is -4.52. The van der Waals surface area contributed by atoms with Crippen molar-refractivity contribution in [3.8, 4) is 5.88 Å². The number of nitrogens with zero attached hydrogens (tertiary/aromatic N) is 3. The van der Waals surface area contributed by atoms with Crippen LogP contribution in [0.1, 0.15) is 0 Å². The molecule has 0 aliphatic carbocycles. The minimum Gasteiger partial charge on any atom is -0.322 e. The largest absolute Gasteiger partial charge is 0.420 e. The quantitative estimate of drug-likeness (QED) is 0.454. The molecule has 0 fully saturated rings. The molecule has 1 heterocycles. The minimum absolute atomic E-state index is 0.468. The summed E-state index contributed by atoms with van der Waals surface area (Å²) in [5, 5.41) is 6.19. The molecule has 1 rings (SSSR count). The Labute approximate surface area is 62.5 Å². The maximum atomic E-state index is 9.89. The van der Waals surface area contributed by atoms with Crippen molar-refractivity contribution in [1.29, 1.82) is 0 Å². The molecule has 11 heavy (non-hydrogen) atoms. The molecular weight excluding hydrogens is 179 g/mol. The Hall–Kier alpha value is -1.09. The van der Waals surface area contributed by atoms with E-state index < -0.39 is 16.1 Å². The van der Waals surface area contributed by atoms with E-state index in [4.69, 9.17) is 5.84 Å². The summed E-state index contributed by atoms with van der Waals surface area (Å²) in [6.45, 7) is 0. The van der Waals surface area contributed by atoms with Crippen molar-refractivity contribution in [3.63, 3.8) is 0 Å². The Bertz CT molecular complexity index is 242. The van der Waals surface area contributed by atoms with Gasteiger partial charge in [0, 0.05) is 0 Å². The second-order valence-corrected chi connectivity index (χ2v) is 2.40. The highest BCUT2D eigenvalue weighted by Gasteiger charge is 2.22. The molecular formula is C2H3ClN4O4. The molecule has 0 saturated carbocycles. The Kier molecular flexibility index (Phi) is 1.83. The average Bonchev–Trinajstić information content (AvgIpc) is 2.10. The summed E-state index contributed by atoms with van der Waals surface area (Å²) in [4.78, 5) is 0.704. The van der Waals surface area contributed by atoms with Crippen LogP contribution in [-0.4, -0.2) is 15.1 Å². The molecule has 9 heteroatoms. The van der Waals surface area contributed by atoms with Gasteiger partial charge in [0.25, 0.3) is 0 Å². The summed E-state index contributed by atoms with van der Waals surface area (Å²) in [5.74, 6) is 4.49. The van der Waals surface area contributed by atoms with Crippen LogP contribution in [0.2, 0.25) is 0 Å². The molecule has 0 aliphatic heterocycles. The van der Waals surface area contributed by atoms with Gasteiger partial charge < -0.3 is 5.84 Å². The Morgan fingerprint density at radius 3 is 2.55 bits per heavy atom. The molecule has 0 amide bonds. The van der Waals surface area contributed by atoms with Crippen LogP contribution < -0.4 is 24.1 Å². The van der Waals surface area contributed by atoms with Gasteiger partial charge in [-0.05, 0) is 9.50 Å². The van der Waals surface area contributed by atoms with Gasteiger partial charge in [-0.1, -0.05) is 5.10 Å². The van der Waals surface area contributed by atoms with Crippen LogP contribution >= 0.6 is 0 Å². The summed E-state index contributed by atoms with van der Waals surface area (Å²) in [7, 11) is -4.52. The lowest BCUT2D eigenvalue weighted by atomic mass is 10.9. The highest BCUT2D eigenvalue weighted by atomic mass is 35.7. The molecule has 0 unspecified atom stereocenters. The van der Waals surface area contributed by atoms with Gasteiger partial charge in [0.05, 0.1) is 0 Å². The first-order valence-corrected chi connectivity index (χ1v) is 3.48. The van der Waals surface area contributed by atoms with E-state index in [0.717, 1.165) is 6.20 Å². The molecule has 0 spiro atoms. The molecule has 1 aromatic rings. The molecule has 0 bridgehead atoms. The van der Waals surface area contributed by atoms with Gasteiger partial charge in [-0.15, -0.1) is 0 Å². The molecule has 0 radical (unpaired) electrons. The van der Waals surface area contributed by atoms with Crippen molar-refractivity contribution in [3.05, 3.63) is 6.20 Å². The van der Waals surface area contributed by atoms with Crippen LogP contribution in [0.5, 0.6) is 5.88 Å². The maximum absolute atomic E-state index is 9.89. The van der Waals surface area contributed by atoms with E-state index in [1.807, 2.05) is 0 Å². The Balaban J connectivity index is 2.65. The number of nitrogen functional groups attached to an aromatic ring is 1. The second kappa shape index (κ2) is 2.51. The van der Waals surface area contributed by atoms with Gasteiger partial charge in [0.2, 0.25) is 0 Å². The summed E-state index contributed by atoms with van der Waals surface area (Å²) in [6, 6.07) is 0. The number of nitrogens with two attached hydrogens (primary N) is 1. The predicted molar refractivity (Wildman–Crippen MR) is 20.8 cm³/mol. The maximum Gasteiger partial charge on any atom is 0.420 e. The fraction of sp³-hybridized carbons (Fsp3) is 0. The summed E-state index contributed by atoms with van der Waals surface area (Å²) >= 11 is 0. The van der Waals surface area contributed by atoms with E-state index in [1.165, 1.54) is 0 Å². The fourth-order valence-electron chi connectivity index (χ4n) is 0.393. The van der Waals surface area contributed by atoms with Crippen molar-refractivity contribution in [2.45, 2.75) is 0 Å². The fourth-order valence-corrected chi connectivity index (χ4v) is 0.657. The normalized spacial score (nSPS) is 11.5. The highest BCUT2D eigenvalue weighted by Crippen LogP contribution is 2.04. The molecule has 0 saturated heterocycles. The van der Waals surface area contributed by atoms with Gasteiger partial charge in [-0.25, -0.2) is 0 Å². The molecule has 1 aromatic heterocycles. The van der Waals surface area contributed by atoms with Crippen molar-refractivity contribution in [2.24, 2.45) is 0 Å². The van der Waals surface area contributed by atoms with Gasteiger partial charge in [-0.3, -0.25) is 0 Å². The summed E-state index contributed by atoms with van der Waals surface area (Å²) in [5.41, 5.74) is 0. The second-order valence-electron chi connectivity index (χ2n) is 1.49. The highest BCUT2D eigenvalue weighted by molar-refractivity contribution is 4.96. The third-order valence-corrected chi connectivity index (χ3v) is 1.01. The van der Waals surface area contributed by atoms with Gasteiger partial charge in [0.15, 0.2) is 0 Å². The van der Waals surface area contributed by atoms with Crippen LogP contribution in [0.15, 0.2) is 6.20 Å². The lowest BCUT2D eigenvalue weighted by Crippen LogP contribution is -2.63. The predicted octanol–water partition coefficient (Wildman–Crippen LogP) is -4.73. The molecule has 0 atom stereocenters. The molecule has 0 aliphatic rings. The lowest BCUT2D eigenvalue weighted by molar-refractivity contribution is -1.91. The van der Waals surface area contributed by atoms with Crippen molar-refractivity contribution in [1.82, 2.24) is 15.1 Å². The number of rotatable bonds is 2. The molecule has 8 nitrogen and oxygen atoms in total. The number of hydrogen-bond acceptors (Lipinski definition) is 7. The first-order valence-electron chi connectivity index (χ1n) is 2.25. The smallest absolute Gasteiger partial charge is 0.322 e. The van der Waals surface area contributed by atoms with Gasteiger partial charge >= 0.3 is 5.88 Å². The standard InChI is InChI=1S/C2H3ClN4O4/c4-7-1-2(5-6-7)11-3(8,9)10/h1H,4H2. The average molecular weight is 183 g/mol. The Morgan fingerprint density at radius 1 is 1.55 bits per heavy atom. The zero-order chi connectivity index (χ0) is 8.48. The SMILES string of the molecule is Nn1cc(O[Cl+3]([O-])([O-])[O-])nn1. The first-order chi connectivity index (χ1) is 4.97. The third-order valence-electron chi connectivity index (χ3n) is 0.663. The van der Waals surface area contributed by atoms with Crippen LogP contribution in [0.25, 0.3) is 0 Å². The summed E-state index contributed by atoms with van der Waals surface area (Å²) in [6.07, 6.45) is 0.933. The van der Waals surface area contributed by atoms with Crippen molar-refractivity contribution >= 4 is 0 Å². The summed E-state index contributed by atoms with van der Waals surface area (Å²) < 4.78 is 33.4. The molecule has 2 N–H and O–H groups in total. The first kappa shape index (κ1) is 8.01. The van der Waals surface area contributed by atoms with Crippen LogP contribution in [0, 0.1) is 10.2 Å². The van der Waals surface area contributed by atoms with E-state index in [-0.39, 0.29) is 0 Å². The lowest BCUT2D eigenvalue weighted by Gasteiger charge is -2.09. The van der Waals surface area contributed by atoms with Crippen LogP contribution in [0.4, 0.5) is 0 Å². The van der Waals surface area contributed by atoms with E-state index in [0.29, 0.717) is 4.79 Å². The van der Waals surface area contributed by atoms with E-state index >= 15 is 0 Å². The van der Waals surface area contributed by atoms with Crippen LogP contribution in [-0.2, 0) is 0 Å². The zero-order valence-corrected chi connectivity index (χ0v) is 5.76. The van der Waals surface area contributed by atoms with Gasteiger partial charge in [-0.2, -0.15) is 18.8 Å². The van der Waals surface area contributed by atoms with Crippen LogP contribution in [0.3, 0.4) is 0 Å². The third kappa shape index (κ3) is 2.55. The van der Waals surface area contributed by atoms with Gasteiger partial charge in [0.1, 0.15) is 16.4 Å². The molecule has 62 valence electrons. The Morgan fingerprint density at radius 2 is 2.18 bits per heavy atom. The van der Waals surface area contributed by atoms with Crippen molar-refractivity contribution < 1.29 is 28.5 Å². The van der Waals surface area contributed by atoms with Crippen molar-refractivity contribution in [2.75, 3.05) is 5.84 Å². The topological polar surface area (TPSA) is 135 Å². The van der Waals surface area contributed by atoms with E-state index in [2.05, 4.69) is 14.6 Å². The monoisotopic (exact) mass is 182 g/mol. The number of hydrogen-bond donors (Lipinski definition) is 1. The molecule has 0 aromatic carbocycles. The number of halogens is 1.